The molecule has 0 amide bonds. The van der Waals surface area contributed by atoms with Crippen molar-refractivity contribution >= 4 is 12.0 Å². The molecule has 8 heavy (non-hydrogen) atoms. The number of hydrogen-bond donors (Lipinski definition) is 3. The zero-order chi connectivity index (χ0) is 6.20. The molecule has 0 atom stereocenters. The summed E-state index contributed by atoms with van der Waals surface area (Å²) in [7, 11) is 0. The van der Waals surface area contributed by atoms with Crippen molar-refractivity contribution in [1.82, 2.24) is 0 Å². The molecule has 3 N–H and O–H groups in total. The number of nitrogens with zero attached hydrogens (tertiary/aromatic N) is 1. The first kappa shape index (κ1) is 6.31. The Morgan fingerprint density at radius 1 is 1.38 bits per heavy atom. The molecule has 1 rings (SSSR count). The predicted molar refractivity (Wildman–Crippen MR) is 27.6 cm³/mol. The van der Waals surface area contributed by atoms with Gasteiger partial charge in [0.15, 0.2) is 13.1 Å². The minimum atomic E-state index is -0.932. The third-order valence-corrected chi connectivity index (χ3v) is 1.74. The van der Waals surface area contributed by atoms with Crippen LogP contribution in [0.2, 0.25) is 0 Å². The normalized spacial score (nSPS) is 27.4. The van der Waals surface area contributed by atoms with E-state index in [9.17, 15) is 0 Å². The van der Waals surface area contributed by atoms with E-state index in [1.165, 1.54) is 0 Å². The Kier molecular flexibility index (Phi) is 1.46. The average molecular weight is 138 g/mol. The van der Waals surface area contributed by atoms with Crippen LogP contribution in [-0.4, -0.2) is 38.1 Å². The molecule has 4 nitrogen and oxygen atoms in total. The molecule has 0 bridgehead atoms. The topological polar surface area (TPSA) is 60.7 Å². The fourth-order valence-electron chi connectivity index (χ4n) is 0.665. The second-order valence-corrected chi connectivity index (χ2v) is 2.85. The van der Waals surface area contributed by atoms with Crippen molar-refractivity contribution in [2.24, 2.45) is 0 Å². The lowest BCUT2D eigenvalue weighted by atomic mass is 10.3. The lowest BCUT2D eigenvalue weighted by molar-refractivity contribution is -1.27. The quantitative estimate of drug-likeness (QED) is 0.357. The number of hydrogen-bond acceptors (Lipinski definition) is 4. The molecule has 1 fully saturated rings. The highest BCUT2D eigenvalue weighted by Gasteiger charge is 2.44. The predicted octanol–water partition coefficient (Wildman–Crippen LogP) is 0.170. The molecule has 1 saturated heterocycles. The van der Waals surface area contributed by atoms with Crippen LogP contribution in [0.1, 0.15) is 0 Å². The van der Waals surface area contributed by atoms with Crippen molar-refractivity contribution < 1.29 is 19.8 Å². The van der Waals surface area contributed by atoms with Gasteiger partial charge in [-0.3, -0.25) is 0 Å². The molecule has 1 aliphatic rings. The molecule has 1 aliphatic heterocycles. The van der Waals surface area contributed by atoms with Gasteiger partial charge in [0, 0.05) is 12.0 Å². The fourth-order valence-corrected chi connectivity index (χ4v) is 1.28. The van der Waals surface area contributed by atoms with E-state index in [1.54, 1.807) is 0 Å². The Bertz CT molecular complexity index is 88.5. The van der Waals surface area contributed by atoms with E-state index in [2.05, 4.69) is 0 Å². The largest absolute Gasteiger partial charge is 0.329 e. The van der Waals surface area contributed by atoms with Crippen LogP contribution in [0, 0.1) is 0 Å². The van der Waals surface area contributed by atoms with Crippen molar-refractivity contribution in [3.05, 3.63) is 0 Å². The number of rotatable bonds is 1. The molecule has 1 heterocycles. The summed E-state index contributed by atoms with van der Waals surface area (Å²) in [5, 5.41) is 17.2. The summed E-state index contributed by atoms with van der Waals surface area (Å²) in [5.74, 6) is 0. The van der Waals surface area contributed by atoms with Gasteiger partial charge in [0.2, 0.25) is 0 Å². The van der Waals surface area contributed by atoms with Crippen molar-refractivity contribution in [2.75, 3.05) is 13.1 Å². The molecule has 0 unspecified atom stereocenters. The third-order valence-electron chi connectivity index (χ3n) is 1.14. The number of hydroxylamine groups is 4. The Morgan fingerprint density at radius 3 is 2.00 bits per heavy atom. The highest BCUT2D eigenvalue weighted by molar-refractivity contribution is 7.94. The second-order valence-electron chi connectivity index (χ2n) is 1.97. The van der Waals surface area contributed by atoms with E-state index in [4.69, 9.17) is 15.0 Å². The summed E-state index contributed by atoms with van der Waals surface area (Å²) in [6.07, 6.45) is 0. The van der Waals surface area contributed by atoms with Crippen molar-refractivity contribution in [3.8, 4) is 0 Å². The zero-order valence-corrected chi connectivity index (χ0v) is 5.01. The minimum Gasteiger partial charge on any atom is -0.329 e. The van der Waals surface area contributed by atoms with Crippen LogP contribution in [-0.2, 0) is 0 Å². The summed E-state index contributed by atoms with van der Waals surface area (Å²) in [5.41, 5.74) is 0. The smallest absolute Gasteiger partial charge is 0.162 e. The van der Waals surface area contributed by atoms with Gasteiger partial charge in [-0.2, -0.15) is 10.4 Å². The summed E-state index contributed by atoms with van der Waals surface area (Å²) < 4.78 is 8.30. The Morgan fingerprint density at radius 2 is 1.88 bits per heavy atom. The third kappa shape index (κ3) is 1.12. The van der Waals surface area contributed by atoms with Gasteiger partial charge < -0.3 is 4.55 Å². The fraction of sp³-hybridized carbons (Fsp3) is 1.00. The van der Waals surface area contributed by atoms with E-state index in [0.717, 1.165) is 0 Å². The second kappa shape index (κ2) is 1.85. The molecule has 5 heteroatoms. The van der Waals surface area contributed by atoms with Crippen molar-refractivity contribution in [1.29, 1.82) is 0 Å². The lowest BCUT2D eigenvalue weighted by Crippen LogP contribution is -2.60. The van der Waals surface area contributed by atoms with Crippen LogP contribution in [0.3, 0.4) is 0 Å². The summed E-state index contributed by atoms with van der Waals surface area (Å²) in [6.45, 7) is 0.447. The highest BCUT2D eigenvalue weighted by atomic mass is 32.2. The van der Waals surface area contributed by atoms with E-state index < -0.39 is 4.81 Å². The Labute approximate surface area is 51.1 Å². The molecule has 0 aromatic heterocycles. The van der Waals surface area contributed by atoms with Crippen molar-refractivity contribution in [3.63, 3.8) is 0 Å². The Hall–Kier alpha value is 0.190. The van der Waals surface area contributed by atoms with Crippen LogP contribution in [0.15, 0.2) is 0 Å². The van der Waals surface area contributed by atoms with Crippen molar-refractivity contribution in [2.45, 2.75) is 5.25 Å². The van der Waals surface area contributed by atoms with Gasteiger partial charge in [-0.1, -0.05) is 0 Å². The van der Waals surface area contributed by atoms with E-state index in [0.29, 0.717) is 12.0 Å². The molecular weight excluding hydrogens is 130 g/mol. The molecule has 0 aromatic carbocycles. The molecular formula is C3H8NO3S+. The van der Waals surface area contributed by atoms with Gasteiger partial charge in [-0.15, -0.1) is 0 Å². The maximum Gasteiger partial charge on any atom is 0.162 e. The zero-order valence-electron chi connectivity index (χ0n) is 4.19. The van der Waals surface area contributed by atoms with E-state index in [-0.39, 0.29) is 18.3 Å². The first-order chi connectivity index (χ1) is 3.64. The molecule has 0 spiro atoms. The molecule has 48 valence electrons. The SMILES string of the molecule is OSC1C[N+](O)(O)C1. The monoisotopic (exact) mass is 138 g/mol. The van der Waals surface area contributed by atoms with Gasteiger partial charge in [0.05, 0.1) is 0 Å². The molecule has 0 aromatic rings. The van der Waals surface area contributed by atoms with E-state index >= 15 is 0 Å². The molecule has 0 aliphatic carbocycles. The lowest BCUT2D eigenvalue weighted by Gasteiger charge is -2.34. The number of quaternary nitrogens is 1. The van der Waals surface area contributed by atoms with Crippen LogP contribution in [0.25, 0.3) is 0 Å². The maximum atomic E-state index is 8.58. The van der Waals surface area contributed by atoms with Crippen LogP contribution < -0.4 is 0 Å². The van der Waals surface area contributed by atoms with Gasteiger partial charge in [-0.25, -0.2) is 0 Å². The molecule has 0 radical (unpaired) electrons. The summed E-state index contributed by atoms with van der Waals surface area (Å²) in [6, 6.07) is 0. The summed E-state index contributed by atoms with van der Waals surface area (Å²) in [4.78, 5) is -0.932. The first-order valence-corrected chi connectivity index (χ1v) is 3.10. The minimum absolute atomic E-state index is 0.00463. The first-order valence-electron chi connectivity index (χ1n) is 2.27. The van der Waals surface area contributed by atoms with Gasteiger partial charge in [0.25, 0.3) is 0 Å². The van der Waals surface area contributed by atoms with Crippen LogP contribution >= 0.6 is 12.0 Å². The summed E-state index contributed by atoms with van der Waals surface area (Å²) >= 11 is 0.678. The highest BCUT2D eigenvalue weighted by Crippen LogP contribution is 2.22. The standard InChI is InChI=1S/C3H7NO3S/c5-4(6)1-3(2-4)8-7/h3,5-6H,1-2H2/p+1. The van der Waals surface area contributed by atoms with Crippen LogP contribution in [0.5, 0.6) is 0 Å². The Balaban J connectivity index is 2.21. The van der Waals surface area contributed by atoms with Crippen LogP contribution in [0.4, 0.5) is 0 Å². The average Bonchev–Trinajstić information content (AvgIpc) is 1.60. The maximum absolute atomic E-state index is 8.58. The van der Waals surface area contributed by atoms with E-state index in [1.807, 2.05) is 0 Å². The van der Waals surface area contributed by atoms with Gasteiger partial charge >= 0.3 is 0 Å². The van der Waals surface area contributed by atoms with Gasteiger partial charge in [-0.05, 0) is 4.81 Å². The van der Waals surface area contributed by atoms with Gasteiger partial charge in [0.1, 0.15) is 5.25 Å². The molecule has 0 saturated carbocycles.